The first-order chi connectivity index (χ1) is 49.4. The number of unbranched alkanes of at least 4 members (excludes halogenated alkanes) is 52. The first-order valence-electron chi connectivity index (χ1n) is 43.0. The molecule has 0 heterocycles. The predicted octanol–water partition coefficient (Wildman–Crippen LogP) is 25.1. The number of phosphoric acid groups is 2. The van der Waals surface area contributed by atoms with Gasteiger partial charge in [-0.25, -0.2) is 9.13 Å². The topological polar surface area (TPSA) is 237 Å². The highest BCUT2D eigenvalue weighted by Gasteiger charge is 2.30. The van der Waals surface area contributed by atoms with Gasteiger partial charge in [-0.05, 0) is 37.5 Å². The molecule has 0 saturated heterocycles. The van der Waals surface area contributed by atoms with Crippen molar-refractivity contribution in [1.29, 1.82) is 0 Å². The number of ether oxygens (including phenoxy) is 4. The fraction of sp³-hybridized carbons (Fsp3) is 0.952. The lowest BCUT2D eigenvalue weighted by Crippen LogP contribution is -2.30. The molecule has 0 radical (unpaired) electrons. The molecule has 0 aliphatic rings. The van der Waals surface area contributed by atoms with Gasteiger partial charge in [0.05, 0.1) is 26.4 Å². The Balaban J connectivity index is 5.22. The molecule has 0 saturated carbocycles. The zero-order valence-corrected chi connectivity index (χ0v) is 68.7. The largest absolute Gasteiger partial charge is 0.472 e. The van der Waals surface area contributed by atoms with Crippen LogP contribution in [0.3, 0.4) is 0 Å². The summed E-state index contributed by atoms with van der Waals surface area (Å²) in [6, 6.07) is 0. The predicted molar refractivity (Wildman–Crippen MR) is 418 cm³/mol. The van der Waals surface area contributed by atoms with Crippen LogP contribution in [0.25, 0.3) is 0 Å². The second-order valence-corrected chi connectivity index (χ2v) is 33.7. The molecule has 0 fully saturated rings. The lowest BCUT2D eigenvalue weighted by atomic mass is 10.0. The van der Waals surface area contributed by atoms with Crippen LogP contribution in [0.4, 0.5) is 0 Å². The summed E-state index contributed by atoms with van der Waals surface area (Å²) in [6.45, 7) is 9.63. The molecule has 0 rings (SSSR count). The molecular weight excluding hydrogens is 1330 g/mol. The number of aliphatic hydroxyl groups excluding tert-OH is 1. The third-order valence-electron chi connectivity index (χ3n) is 19.5. The van der Waals surface area contributed by atoms with E-state index in [4.69, 9.17) is 37.0 Å². The van der Waals surface area contributed by atoms with Crippen LogP contribution >= 0.6 is 15.6 Å². The third-order valence-corrected chi connectivity index (χ3v) is 21.4. The van der Waals surface area contributed by atoms with Crippen molar-refractivity contribution in [2.75, 3.05) is 39.6 Å². The first-order valence-corrected chi connectivity index (χ1v) is 46.0. The third kappa shape index (κ3) is 76.3. The van der Waals surface area contributed by atoms with Gasteiger partial charge in [0.25, 0.3) is 0 Å². The van der Waals surface area contributed by atoms with Crippen molar-refractivity contribution in [3.8, 4) is 0 Å². The summed E-state index contributed by atoms with van der Waals surface area (Å²) < 4.78 is 68.8. The molecule has 606 valence electrons. The number of esters is 4. The Kier molecular flexibility index (Phi) is 73.1. The van der Waals surface area contributed by atoms with Gasteiger partial charge in [-0.3, -0.25) is 37.3 Å². The minimum Gasteiger partial charge on any atom is -0.462 e. The van der Waals surface area contributed by atoms with Gasteiger partial charge in [0, 0.05) is 25.7 Å². The van der Waals surface area contributed by atoms with Gasteiger partial charge in [0.2, 0.25) is 0 Å². The van der Waals surface area contributed by atoms with E-state index in [1.807, 2.05) is 0 Å². The maximum Gasteiger partial charge on any atom is 0.472 e. The van der Waals surface area contributed by atoms with Crippen molar-refractivity contribution >= 4 is 39.5 Å². The zero-order valence-electron chi connectivity index (χ0n) is 66.9. The van der Waals surface area contributed by atoms with Crippen LogP contribution in [0.2, 0.25) is 0 Å². The van der Waals surface area contributed by atoms with Crippen molar-refractivity contribution in [1.82, 2.24) is 0 Å². The number of aliphatic hydroxyl groups is 1. The second kappa shape index (κ2) is 74.5. The SMILES string of the molecule is CCCCCCCCCCCCCCCCCCCCC(=O)OC[C@H](COP(=O)(O)OC[C@@H](O)COP(=O)(O)OC[C@@H](COC(=O)CCCCCCCCCC(C)C)OC(=O)CCCCCCCCCCCCCCC)OC(=O)CCCCCCCCCCCCCCCCCCCCC(C)C. The zero-order chi connectivity index (χ0) is 74.9. The van der Waals surface area contributed by atoms with Crippen molar-refractivity contribution in [2.45, 2.75) is 458 Å². The van der Waals surface area contributed by atoms with Crippen molar-refractivity contribution in [3.05, 3.63) is 0 Å². The maximum absolute atomic E-state index is 13.1. The molecule has 0 aromatic heterocycles. The van der Waals surface area contributed by atoms with Gasteiger partial charge in [-0.1, -0.05) is 388 Å². The standard InChI is InChI=1S/C83H162O17P2/c1-7-9-11-13-15-17-19-21-22-23-27-30-34-37-41-47-53-59-65-80(85)93-71-78(99-83(88)68-62-56-49-43-39-35-31-28-25-24-26-29-33-36-40-45-51-57-63-75(3)4)73-97-101(89,90)95-69-77(84)70-96-102(91,92)98-74-79(72-94-81(86)66-60-54-50-44-46-52-58-64-76(5)6)100-82(87)67-61-55-48-42-38-32-20-18-16-14-12-10-8-2/h75-79,84H,7-74H2,1-6H3,(H,89,90)(H,91,92)/t77-,78-,79-/m1/s1. The second-order valence-electron chi connectivity index (χ2n) is 30.8. The molecule has 5 atom stereocenters. The summed E-state index contributed by atoms with van der Waals surface area (Å²) in [5, 5.41) is 10.6. The Hall–Kier alpha value is -1.94. The first kappa shape index (κ1) is 100. The highest BCUT2D eigenvalue weighted by Crippen LogP contribution is 2.45. The number of phosphoric ester groups is 2. The van der Waals surface area contributed by atoms with Crippen molar-refractivity contribution in [2.24, 2.45) is 11.8 Å². The van der Waals surface area contributed by atoms with Crippen molar-refractivity contribution in [3.63, 3.8) is 0 Å². The van der Waals surface area contributed by atoms with Crippen LogP contribution in [0.15, 0.2) is 0 Å². The number of hydrogen-bond donors (Lipinski definition) is 3. The van der Waals surface area contributed by atoms with Crippen LogP contribution in [0, 0.1) is 11.8 Å². The monoisotopic (exact) mass is 1490 g/mol. The minimum absolute atomic E-state index is 0.107. The van der Waals surface area contributed by atoms with Crippen LogP contribution in [-0.4, -0.2) is 96.7 Å². The molecule has 3 N–H and O–H groups in total. The molecule has 0 aliphatic heterocycles. The molecule has 0 aromatic rings. The summed E-state index contributed by atoms with van der Waals surface area (Å²) in [5.41, 5.74) is 0. The summed E-state index contributed by atoms with van der Waals surface area (Å²) in [4.78, 5) is 73.1. The Morgan fingerprint density at radius 1 is 0.265 bits per heavy atom. The molecule has 19 heteroatoms. The van der Waals surface area contributed by atoms with E-state index in [1.54, 1.807) is 0 Å². The molecule has 0 aromatic carbocycles. The lowest BCUT2D eigenvalue weighted by molar-refractivity contribution is -0.161. The normalized spacial score (nSPS) is 13.9. The summed E-state index contributed by atoms with van der Waals surface area (Å²) >= 11 is 0. The molecule has 0 amide bonds. The van der Waals surface area contributed by atoms with Gasteiger partial charge in [0.1, 0.15) is 19.3 Å². The number of rotatable bonds is 82. The summed E-state index contributed by atoms with van der Waals surface area (Å²) in [6.07, 6.45) is 65.4. The minimum atomic E-state index is -4.96. The summed E-state index contributed by atoms with van der Waals surface area (Å²) in [5.74, 6) is -0.581. The smallest absolute Gasteiger partial charge is 0.462 e. The Morgan fingerprint density at radius 3 is 0.667 bits per heavy atom. The van der Waals surface area contributed by atoms with E-state index >= 15 is 0 Å². The highest BCUT2D eigenvalue weighted by molar-refractivity contribution is 7.47. The van der Waals surface area contributed by atoms with Crippen LogP contribution < -0.4 is 0 Å². The molecule has 0 spiro atoms. The van der Waals surface area contributed by atoms with Crippen LogP contribution in [0.1, 0.15) is 440 Å². The number of carbonyl (C=O) groups excluding carboxylic acids is 4. The van der Waals surface area contributed by atoms with E-state index in [2.05, 4.69) is 41.5 Å². The van der Waals surface area contributed by atoms with E-state index in [9.17, 15) is 43.2 Å². The van der Waals surface area contributed by atoms with Gasteiger partial charge >= 0.3 is 39.5 Å². The van der Waals surface area contributed by atoms with Gasteiger partial charge in [-0.15, -0.1) is 0 Å². The van der Waals surface area contributed by atoms with Crippen LogP contribution in [0.5, 0.6) is 0 Å². The highest BCUT2D eigenvalue weighted by atomic mass is 31.2. The van der Waals surface area contributed by atoms with E-state index in [-0.39, 0.29) is 25.7 Å². The molecule has 0 aliphatic carbocycles. The van der Waals surface area contributed by atoms with E-state index in [0.717, 1.165) is 102 Å². The van der Waals surface area contributed by atoms with Crippen LogP contribution in [-0.2, 0) is 65.4 Å². The molecular formula is C83H162O17P2. The van der Waals surface area contributed by atoms with Gasteiger partial charge in [-0.2, -0.15) is 0 Å². The van der Waals surface area contributed by atoms with E-state index in [1.165, 1.54) is 250 Å². The fourth-order valence-corrected chi connectivity index (χ4v) is 14.5. The quantitative estimate of drug-likeness (QED) is 0.0222. The maximum atomic E-state index is 13.1. The Bertz CT molecular complexity index is 1960. The Labute approximate surface area is 626 Å². The van der Waals surface area contributed by atoms with E-state index in [0.29, 0.717) is 31.6 Å². The fourth-order valence-electron chi connectivity index (χ4n) is 12.9. The molecule has 17 nitrogen and oxygen atoms in total. The molecule has 2 unspecified atom stereocenters. The van der Waals surface area contributed by atoms with E-state index < -0.39 is 97.5 Å². The lowest BCUT2D eigenvalue weighted by Gasteiger charge is -2.21. The number of hydrogen-bond acceptors (Lipinski definition) is 15. The average Bonchev–Trinajstić information content (AvgIpc) is 0.907. The van der Waals surface area contributed by atoms with Gasteiger partial charge in [0.15, 0.2) is 12.2 Å². The average molecular weight is 1490 g/mol. The number of carbonyl (C=O) groups is 4. The van der Waals surface area contributed by atoms with Gasteiger partial charge < -0.3 is 33.8 Å². The molecule has 102 heavy (non-hydrogen) atoms. The van der Waals surface area contributed by atoms with Crippen molar-refractivity contribution < 1.29 is 80.2 Å². The Morgan fingerprint density at radius 2 is 0.451 bits per heavy atom. The summed E-state index contributed by atoms with van der Waals surface area (Å²) in [7, 11) is -9.92. The molecule has 0 bridgehead atoms.